The van der Waals surface area contributed by atoms with Crippen molar-refractivity contribution in [1.29, 1.82) is 0 Å². The molecule has 0 bridgehead atoms. The van der Waals surface area contributed by atoms with E-state index in [4.69, 9.17) is 9.84 Å². The van der Waals surface area contributed by atoms with Gasteiger partial charge in [0, 0.05) is 29.7 Å². The number of fused-ring (bicyclic) bond motifs is 3. The first kappa shape index (κ1) is 19.8. The molecule has 0 unspecified atom stereocenters. The standard InChI is InChI=1S/C26H25FN2O2/c27-20-10-8-19(9-11-20)26-25-23(22-6-1-2-7-24(22)28-25)12-13-29(26)17-18-4-3-5-21(16-18)31-15-14-30/h1-11,16,26,28,30H,12-15,17H2/t26-/m1/s1. The number of aliphatic hydroxyl groups is 1. The highest BCUT2D eigenvalue weighted by Gasteiger charge is 2.31. The van der Waals surface area contributed by atoms with Crippen LogP contribution in [0.1, 0.15) is 28.4 Å². The summed E-state index contributed by atoms with van der Waals surface area (Å²) in [7, 11) is 0. The molecule has 158 valence electrons. The number of aromatic amines is 1. The molecule has 0 amide bonds. The van der Waals surface area contributed by atoms with Gasteiger partial charge in [0.2, 0.25) is 0 Å². The quantitative estimate of drug-likeness (QED) is 0.474. The summed E-state index contributed by atoms with van der Waals surface area (Å²) >= 11 is 0. The second-order valence-electron chi connectivity index (χ2n) is 7.96. The van der Waals surface area contributed by atoms with Crippen LogP contribution in [0.4, 0.5) is 4.39 Å². The number of H-pyrrole nitrogens is 1. The highest BCUT2D eigenvalue weighted by molar-refractivity contribution is 5.85. The van der Waals surface area contributed by atoms with E-state index in [2.05, 4.69) is 34.1 Å². The molecular formula is C26H25FN2O2. The zero-order chi connectivity index (χ0) is 21.2. The van der Waals surface area contributed by atoms with Crippen molar-refractivity contribution in [3.05, 3.63) is 101 Å². The van der Waals surface area contributed by atoms with Crippen LogP contribution in [0.15, 0.2) is 72.8 Å². The SMILES string of the molecule is OCCOc1cccc(CN2CCc3c([nH]c4ccccc34)[C@H]2c2ccc(F)cc2)c1. The molecule has 1 aliphatic heterocycles. The fourth-order valence-corrected chi connectivity index (χ4v) is 4.62. The average Bonchev–Trinajstić information content (AvgIpc) is 3.17. The van der Waals surface area contributed by atoms with E-state index in [0.717, 1.165) is 41.9 Å². The van der Waals surface area contributed by atoms with Gasteiger partial charge >= 0.3 is 0 Å². The van der Waals surface area contributed by atoms with Crippen LogP contribution >= 0.6 is 0 Å². The van der Waals surface area contributed by atoms with Crippen molar-refractivity contribution in [2.45, 2.75) is 19.0 Å². The number of ether oxygens (including phenoxy) is 1. The molecule has 1 aliphatic rings. The van der Waals surface area contributed by atoms with Gasteiger partial charge in [-0.2, -0.15) is 0 Å². The van der Waals surface area contributed by atoms with E-state index in [0.29, 0.717) is 0 Å². The van der Waals surface area contributed by atoms with Gasteiger partial charge in [0.15, 0.2) is 0 Å². The van der Waals surface area contributed by atoms with Gasteiger partial charge in [0.1, 0.15) is 18.2 Å². The monoisotopic (exact) mass is 416 g/mol. The van der Waals surface area contributed by atoms with Crippen LogP contribution < -0.4 is 4.74 Å². The molecule has 5 heteroatoms. The minimum atomic E-state index is -0.225. The third-order valence-electron chi connectivity index (χ3n) is 5.96. The van der Waals surface area contributed by atoms with Crippen molar-refractivity contribution < 1.29 is 14.2 Å². The summed E-state index contributed by atoms with van der Waals surface area (Å²) < 4.78 is 19.2. The summed E-state index contributed by atoms with van der Waals surface area (Å²) in [6.07, 6.45) is 0.956. The van der Waals surface area contributed by atoms with Crippen molar-refractivity contribution in [3.8, 4) is 5.75 Å². The maximum Gasteiger partial charge on any atom is 0.123 e. The Labute approximate surface area is 180 Å². The lowest BCUT2D eigenvalue weighted by Crippen LogP contribution is -2.35. The molecule has 0 fully saturated rings. The van der Waals surface area contributed by atoms with Crippen molar-refractivity contribution in [3.63, 3.8) is 0 Å². The Morgan fingerprint density at radius 3 is 2.71 bits per heavy atom. The van der Waals surface area contributed by atoms with Gasteiger partial charge in [-0.1, -0.05) is 42.5 Å². The molecule has 2 heterocycles. The van der Waals surface area contributed by atoms with E-state index < -0.39 is 0 Å². The Morgan fingerprint density at radius 2 is 1.87 bits per heavy atom. The number of hydrogen-bond donors (Lipinski definition) is 2. The summed E-state index contributed by atoms with van der Waals surface area (Å²) in [5.41, 5.74) is 5.89. The van der Waals surface area contributed by atoms with Crippen LogP contribution in [0.2, 0.25) is 0 Å². The number of nitrogens with zero attached hydrogens (tertiary/aromatic N) is 1. The third-order valence-corrected chi connectivity index (χ3v) is 5.96. The van der Waals surface area contributed by atoms with Gasteiger partial charge in [0.25, 0.3) is 0 Å². The highest BCUT2D eigenvalue weighted by Crippen LogP contribution is 2.39. The topological polar surface area (TPSA) is 48.5 Å². The predicted octanol–water partition coefficient (Wildman–Crippen LogP) is 4.83. The number of halogens is 1. The van der Waals surface area contributed by atoms with Crippen molar-refractivity contribution in [1.82, 2.24) is 9.88 Å². The van der Waals surface area contributed by atoms with E-state index >= 15 is 0 Å². The third kappa shape index (κ3) is 3.94. The second-order valence-corrected chi connectivity index (χ2v) is 7.96. The fourth-order valence-electron chi connectivity index (χ4n) is 4.62. The van der Waals surface area contributed by atoms with Crippen LogP contribution in [-0.2, 0) is 13.0 Å². The minimum Gasteiger partial charge on any atom is -0.491 e. The summed E-state index contributed by atoms with van der Waals surface area (Å²) in [6.45, 7) is 1.92. The lowest BCUT2D eigenvalue weighted by atomic mass is 9.92. The smallest absolute Gasteiger partial charge is 0.123 e. The fraction of sp³-hybridized carbons (Fsp3) is 0.231. The van der Waals surface area contributed by atoms with Crippen LogP contribution in [0.5, 0.6) is 5.75 Å². The van der Waals surface area contributed by atoms with Gasteiger partial charge in [0.05, 0.1) is 12.6 Å². The van der Waals surface area contributed by atoms with E-state index in [1.54, 1.807) is 0 Å². The van der Waals surface area contributed by atoms with Crippen LogP contribution in [-0.4, -0.2) is 34.7 Å². The molecule has 0 spiro atoms. The van der Waals surface area contributed by atoms with Crippen LogP contribution in [0, 0.1) is 5.82 Å². The molecule has 0 radical (unpaired) electrons. The molecule has 0 saturated carbocycles. The first-order chi connectivity index (χ1) is 15.2. The molecule has 0 saturated heterocycles. The summed E-state index contributed by atoms with van der Waals surface area (Å²) in [4.78, 5) is 6.07. The Kier molecular flexibility index (Phi) is 5.45. The number of para-hydroxylation sites is 1. The first-order valence-corrected chi connectivity index (χ1v) is 10.6. The average molecular weight is 416 g/mol. The zero-order valence-corrected chi connectivity index (χ0v) is 17.2. The molecule has 1 atom stereocenters. The number of aromatic nitrogens is 1. The van der Waals surface area contributed by atoms with Gasteiger partial charge in [-0.3, -0.25) is 4.90 Å². The zero-order valence-electron chi connectivity index (χ0n) is 17.2. The second kappa shape index (κ2) is 8.53. The first-order valence-electron chi connectivity index (χ1n) is 10.6. The molecule has 3 aromatic carbocycles. The maximum atomic E-state index is 13.7. The number of nitrogens with one attached hydrogen (secondary N) is 1. The largest absolute Gasteiger partial charge is 0.491 e. The Balaban J connectivity index is 1.53. The molecule has 0 aliphatic carbocycles. The van der Waals surface area contributed by atoms with Crippen LogP contribution in [0.3, 0.4) is 0 Å². The normalized spacial score (nSPS) is 16.4. The van der Waals surface area contributed by atoms with Gasteiger partial charge in [-0.15, -0.1) is 0 Å². The molecule has 1 aromatic heterocycles. The molecule has 5 rings (SSSR count). The number of rotatable bonds is 6. The lowest BCUT2D eigenvalue weighted by Gasteiger charge is -2.36. The van der Waals surface area contributed by atoms with Crippen molar-refractivity contribution in [2.24, 2.45) is 0 Å². The molecule has 4 aromatic rings. The minimum absolute atomic E-state index is 0.00778. The van der Waals surface area contributed by atoms with Gasteiger partial charge < -0.3 is 14.8 Å². The number of hydrogen-bond acceptors (Lipinski definition) is 3. The number of aliphatic hydroxyl groups excluding tert-OH is 1. The van der Waals surface area contributed by atoms with E-state index in [1.165, 1.54) is 28.8 Å². The summed E-state index contributed by atoms with van der Waals surface area (Å²) in [5.74, 6) is 0.532. The Hall–Kier alpha value is -3.15. The lowest BCUT2D eigenvalue weighted by molar-refractivity contribution is 0.197. The predicted molar refractivity (Wildman–Crippen MR) is 120 cm³/mol. The number of benzene rings is 3. The van der Waals surface area contributed by atoms with Crippen molar-refractivity contribution in [2.75, 3.05) is 19.8 Å². The maximum absolute atomic E-state index is 13.7. The summed E-state index contributed by atoms with van der Waals surface area (Å²) in [5, 5.41) is 10.3. The molecule has 4 nitrogen and oxygen atoms in total. The van der Waals surface area contributed by atoms with Crippen molar-refractivity contribution >= 4 is 10.9 Å². The molecule has 31 heavy (non-hydrogen) atoms. The Bertz CT molecular complexity index is 1190. The van der Waals surface area contributed by atoms with Crippen LogP contribution in [0.25, 0.3) is 10.9 Å². The van der Waals surface area contributed by atoms with E-state index in [9.17, 15) is 4.39 Å². The van der Waals surface area contributed by atoms with E-state index in [-0.39, 0.29) is 25.1 Å². The molecular weight excluding hydrogens is 391 g/mol. The highest BCUT2D eigenvalue weighted by atomic mass is 19.1. The molecule has 2 N–H and O–H groups in total. The summed E-state index contributed by atoms with van der Waals surface area (Å²) in [6, 6.07) is 23.3. The van der Waals surface area contributed by atoms with Gasteiger partial charge in [-0.25, -0.2) is 4.39 Å². The Morgan fingerprint density at radius 1 is 1.03 bits per heavy atom. The van der Waals surface area contributed by atoms with Gasteiger partial charge in [-0.05, 0) is 53.4 Å². The van der Waals surface area contributed by atoms with E-state index in [1.807, 2.05) is 36.4 Å².